The molecule has 1 amide bonds. The van der Waals surface area contributed by atoms with Gasteiger partial charge in [-0.3, -0.25) is 4.79 Å². The molecule has 2 aromatic heterocycles. The van der Waals surface area contributed by atoms with Crippen LogP contribution >= 0.6 is 11.3 Å². The number of carbonyl (C=O) groups excluding carboxylic acids is 1. The van der Waals surface area contributed by atoms with Crippen molar-refractivity contribution >= 4 is 17.2 Å². The maximum absolute atomic E-state index is 13.4. The van der Waals surface area contributed by atoms with Gasteiger partial charge in [0.2, 0.25) is 17.7 Å². The van der Waals surface area contributed by atoms with Crippen molar-refractivity contribution in [3.05, 3.63) is 58.1 Å². The largest absolute Gasteiger partial charge is 0.421 e. The minimum absolute atomic E-state index is 0.155. The Morgan fingerprint density at radius 1 is 1.27 bits per heavy atom. The first-order chi connectivity index (χ1) is 12.5. The maximum Gasteiger partial charge on any atom is 0.248 e. The van der Waals surface area contributed by atoms with Gasteiger partial charge in [0.05, 0.1) is 6.04 Å². The number of aryl methyl sites for hydroxylation is 1. The lowest BCUT2D eigenvalue weighted by Gasteiger charge is -2.25. The second-order valence-electron chi connectivity index (χ2n) is 5.87. The Hall–Kier alpha value is -2.61. The van der Waals surface area contributed by atoms with Crippen LogP contribution in [0.3, 0.4) is 0 Å². The zero-order chi connectivity index (χ0) is 18.7. The summed E-state index contributed by atoms with van der Waals surface area (Å²) in [5.74, 6) is -1.18. The van der Waals surface area contributed by atoms with Crippen LogP contribution in [0.2, 0.25) is 0 Å². The zero-order valence-electron chi connectivity index (χ0n) is 14.3. The summed E-state index contributed by atoms with van der Waals surface area (Å²) in [4.78, 5) is 13.9. The highest BCUT2D eigenvalue weighted by Gasteiger charge is 2.19. The van der Waals surface area contributed by atoms with Crippen molar-refractivity contribution in [3.8, 4) is 11.5 Å². The van der Waals surface area contributed by atoms with Gasteiger partial charge < -0.3 is 9.32 Å². The van der Waals surface area contributed by atoms with E-state index in [-0.39, 0.29) is 18.4 Å². The lowest BCUT2D eigenvalue weighted by Crippen LogP contribution is -2.30. The molecule has 0 bridgehead atoms. The molecular formula is C18H17F2N3O2S. The standard InChI is InChI=1S/C18H17F2N3O2S/c1-11(12-3-4-14(19)15(20)9-12)23(2)17(24)6-5-16-21-22-18(25-16)13-7-8-26-10-13/h3-4,7-11H,5-6H2,1-2H3. The Morgan fingerprint density at radius 3 is 2.77 bits per heavy atom. The quantitative estimate of drug-likeness (QED) is 0.645. The maximum atomic E-state index is 13.4. The molecule has 3 aromatic rings. The smallest absolute Gasteiger partial charge is 0.248 e. The van der Waals surface area contributed by atoms with Crippen LogP contribution in [-0.4, -0.2) is 28.1 Å². The molecule has 0 saturated carbocycles. The number of thiophene rings is 1. The Morgan fingerprint density at radius 2 is 2.08 bits per heavy atom. The first-order valence-corrected chi connectivity index (χ1v) is 8.95. The molecule has 0 fully saturated rings. The van der Waals surface area contributed by atoms with Crippen molar-refractivity contribution in [1.29, 1.82) is 0 Å². The van der Waals surface area contributed by atoms with Gasteiger partial charge in [-0.25, -0.2) is 8.78 Å². The highest BCUT2D eigenvalue weighted by atomic mass is 32.1. The molecular weight excluding hydrogens is 360 g/mol. The number of amides is 1. The minimum Gasteiger partial charge on any atom is -0.421 e. The summed E-state index contributed by atoms with van der Waals surface area (Å²) in [5.41, 5.74) is 1.38. The summed E-state index contributed by atoms with van der Waals surface area (Å²) in [6.45, 7) is 1.76. The van der Waals surface area contributed by atoms with Crippen LogP contribution in [0.25, 0.3) is 11.5 Å². The van der Waals surface area contributed by atoms with Crippen molar-refractivity contribution in [3.63, 3.8) is 0 Å². The van der Waals surface area contributed by atoms with E-state index in [9.17, 15) is 13.6 Å². The van der Waals surface area contributed by atoms with E-state index in [2.05, 4.69) is 10.2 Å². The van der Waals surface area contributed by atoms with Crippen molar-refractivity contribution in [2.45, 2.75) is 25.8 Å². The molecule has 3 rings (SSSR count). The van der Waals surface area contributed by atoms with Gasteiger partial charge in [-0.1, -0.05) is 6.07 Å². The Balaban J connectivity index is 1.59. The third-order valence-electron chi connectivity index (χ3n) is 4.19. The van der Waals surface area contributed by atoms with Crippen molar-refractivity contribution in [2.24, 2.45) is 0 Å². The monoisotopic (exact) mass is 377 g/mol. The van der Waals surface area contributed by atoms with E-state index in [0.29, 0.717) is 23.8 Å². The van der Waals surface area contributed by atoms with E-state index in [0.717, 1.165) is 17.7 Å². The molecule has 136 valence electrons. The van der Waals surface area contributed by atoms with Gasteiger partial charge >= 0.3 is 0 Å². The number of carbonyl (C=O) groups is 1. The number of nitrogens with zero attached hydrogens (tertiary/aromatic N) is 3. The molecule has 0 aliphatic carbocycles. The fourth-order valence-corrected chi connectivity index (χ4v) is 3.09. The third kappa shape index (κ3) is 3.96. The Labute approximate surface area is 153 Å². The molecule has 0 spiro atoms. The lowest BCUT2D eigenvalue weighted by molar-refractivity contribution is -0.131. The number of hydrogen-bond acceptors (Lipinski definition) is 5. The number of benzene rings is 1. The van der Waals surface area contributed by atoms with Crippen LogP contribution in [-0.2, 0) is 11.2 Å². The van der Waals surface area contributed by atoms with Gasteiger partial charge in [0, 0.05) is 30.8 Å². The van der Waals surface area contributed by atoms with Gasteiger partial charge in [-0.2, -0.15) is 11.3 Å². The molecule has 2 heterocycles. The summed E-state index contributed by atoms with van der Waals surface area (Å²) >= 11 is 1.53. The molecule has 0 saturated heterocycles. The summed E-state index contributed by atoms with van der Waals surface area (Å²) in [5, 5.41) is 11.7. The number of hydrogen-bond donors (Lipinski definition) is 0. The molecule has 0 radical (unpaired) electrons. The molecule has 0 N–H and O–H groups in total. The van der Waals surface area contributed by atoms with Crippen molar-refractivity contribution in [1.82, 2.24) is 15.1 Å². The molecule has 8 heteroatoms. The van der Waals surface area contributed by atoms with Crippen molar-refractivity contribution in [2.75, 3.05) is 7.05 Å². The first kappa shape index (κ1) is 18.2. The summed E-state index contributed by atoms with van der Waals surface area (Å²) in [6.07, 6.45) is 0.487. The van der Waals surface area contributed by atoms with Gasteiger partial charge in [-0.15, -0.1) is 10.2 Å². The fraction of sp³-hybridized carbons (Fsp3) is 0.278. The van der Waals surface area contributed by atoms with E-state index in [1.54, 1.807) is 14.0 Å². The molecule has 0 aliphatic rings. The van der Waals surface area contributed by atoms with Gasteiger partial charge in [0.15, 0.2) is 11.6 Å². The third-order valence-corrected chi connectivity index (χ3v) is 4.87. The van der Waals surface area contributed by atoms with Gasteiger partial charge in [0.25, 0.3) is 0 Å². The average Bonchev–Trinajstić information content (AvgIpc) is 3.32. The minimum atomic E-state index is -0.929. The predicted molar refractivity (Wildman–Crippen MR) is 93.5 cm³/mol. The molecule has 1 atom stereocenters. The topological polar surface area (TPSA) is 59.2 Å². The highest BCUT2D eigenvalue weighted by molar-refractivity contribution is 7.08. The average molecular weight is 377 g/mol. The van der Waals surface area contributed by atoms with E-state index < -0.39 is 11.6 Å². The van der Waals surface area contributed by atoms with Crippen LogP contribution in [0.15, 0.2) is 39.4 Å². The van der Waals surface area contributed by atoms with E-state index >= 15 is 0 Å². The van der Waals surface area contributed by atoms with Crippen molar-refractivity contribution < 1.29 is 18.0 Å². The highest BCUT2D eigenvalue weighted by Crippen LogP contribution is 2.23. The summed E-state index contributed by atoms with van der Waals surface area (Å²) < 4.78 is 32.0. The number of halogens is 2. The zero-order valence-corrected chi connectivity index (χ0v) is 15.1. The predicted octanol–water partition coefficient (Wildman–Crippen LogP) is 4.23. The second-order valence-corrected chi connectivity index (χ2v) is 6.65. The van der Waals surface area contributed by atoms with Crippen LogP contribution in [0.1, 0.15) is 30.8 Å². The van der Waals surface area contributed by atoms with Gasteiger partial charge in [0.1, 0.15) is 0 Å². The van der Waals surface area contributed by atoms with Gasteiger partial charge in [-0.05, 0) is 36.1 Å². The summed E-state index contributed by atoms with van der Waals surface area (Å²) in [7, 11) is 1.62. The molecule has 5 nitrogen and oxygen atoms in total. The van der Waals surface area contributed by atoms with Crippen LogP contribution in [0.4, 0.5) is 8.78 Å². The molecule has 26 heavy (non-hydrogen) atoms. The second kappa shape index (κ2) is 7.74. The lowest BCUT2D eigenvalue weighted by atomic mass is 10.1. The van der Waals surface area contributed by atoms with Crippen LogP contribution < -0.4 is 0 Å². The number of rotatable bonds is 6. The van der Waals surface area contributed by atoms with Crippen LogP contribution in [0.5, 0.6) is 0 Å². The Bertz CT molecular complexity index is 896. The first-order valence-electron chi connectivity index (χ1n) is 8.01. The molecule has 1 aromatic carbocycles. The Kier molecular flexibility index (Phi) is 5.41. The number of aromatic nitrogens is 2. The molecule has 1 unspecified atom stereocenters. The molecule has 0 aliphatic heterocycles. The van der Waals surface area contributed by atoms with E-state index in [1.165, 1.54) is 22.3 Å². The fourth-order valence-electron chi connectivity index (χ4n) is 2.46. The van der Waals surface area contributed by atoms with E-state index in [4.69, 9.17) is 4.42 Å². The van der Waals surface area contributed by atoms with E-state index in [1.807, 2.05) is 16.8 Å². The summed E-state index contributed by atoms with van der Waals surface area (Å²) in [6, 6.07) is 5.13. The van der Waals surface area contributed by atoms with Crippen LogP contribution in [0, 0.1) is 11.6 Å². The normalized spacial score (nSPS) is 12.2. The SMILES string of the molecule is CC(c1ccc(F)c(F)c1)N(C)C(=O)CCc1nnc(-c2ccsc2)o1.